The first kappa shape index (κ1) is 14.1. The van der Waals surface area contributed by atoms with Crippen LogP contribution in [0.5, 0.6) is 0 Å². The molecule has 0 aromatic heterocycles. The zero-order valence-electron chi connectivity index (χ0n) is 10.00. The summed E-state index contributed by atoms with van der Waals surface area (Å²) in [7, 11) is -3.07. The maximum Gasteiger partial charge on any atom is 0.151 e. The maximum absolute atomic E-state index is 11.3. The molecule has 18 heavy (non-hydrogen) atoms. The fraction of sp³-hybridized carbons (Fsp3) is 0.333. The molecule has 0 radical (unpaired) electrons. The minimum atomic E-state index is -3.07. The number of benzene rings is 1. The van der Waals surface area contributed by atoms with Crippen molar-refractivity contribution >= 4 is 9.84 Å². The Kier molecular flexibility index (Phi) is 5.25. The molecule has 94 valence electrons. The molecule has 0 saturated carbocycles. The third-order valence-electron chi connectivity index (χ3n) is 2.06. The van der Waals surface area contributed by atoms with Crippen molar-refractivity contribution in [3.63, 3.8) is 0 Å². The van der Waals surface area contributed by atoms with Crippen molar-refractivity contribution in [3.05, 3.63) is 45.8 Å². The molecule has 0 amide bonds. The topological polar surface area (TPSA) is 82.9 Å². The standard InChI is InChI=1S/C12H13N3O2S/c1-18(16,17)10-12-8-3-2-6-11(12)7-4-5-9-14-15-13/h2-3,6,8H,5,9-10H2,1H3. The number of hydrogen-bond acceptors (Lipinski definition) is 3. The van der Waals surface area contributed by atoms with Crippen LogP contribution in [-0.4, -0.2) is 21.2 Å². The van der Waals surface area contributed by atoms with E-state index in [2.05, 4.69) is 21.9 Å². The molecular formula is C12H13N3O2S. The van der Waals surface area contributed by atoms with Crippen molar-refractivity contribution < 1.29 is 8.42 Å². The van der Waals surface area contributed by atoms with Crippen molar-refractivity contribution in [2.24, 2.45) is 5.11 Å². The summed E-state index contributed by atoms with van der Waals surface area (Å²) in [5.74, 6) is 5.73. The Bertz CT molecular complexity index is 620. The molecule has 1 aromatic rings. The smallest absolute Gasteiger partial charge is 0.151 e. The average molecular weight is 263 g/mol. The van der Waals surface area contributed by atoms with Gasteiger partial charge in [0.1, 0.15) is 0 Å². The van der Waals surface area contributed by atoms with Gasteiger partial charge in [-0.3, -0.25) is 0 Å². The van der Waals surface area contributed by atoms with E-state index in [1.807, 2.05) is 6.07 Å². The van der Waals surface area contributed by atoms with Gasteiger partial charge in [-0.05, 0) is 17.2 Å². The van der Waals surface area contributed by atoms with Crippen LogP contribution in [0.15, 0.2) is 29.4 Å². The molecule has 0 aliphatic heterocycles. The second-order valence-electron chi connectivity index (χ2n) is 3.73. The highest BCUT2D eigenvalue weighted by Gasteiger charge is 2.07. The predicted octanol–water partition coefficient (Wildman–Crippen LogP) is 2.28. The van der Waals surface area contributed by atoms with Crippen molar-refractivity contribution in [1.29, 1.82) is 0 Å². The quantitative estimate of drug-likeness (QED) is 0.274. The molecule has 1 rings (SSSR count). The summed E-state index contributed by atoms with van der Waals surface area (Å²) in [6, 6.07) is 7.12. The van der Waals surface area contributed by atoms with E-state index in [0.717, 1.165) is 0 Å². The highest BCUT2D eigenvalue weighted by molar-refractivity contribution is 7.89. The summed E-state index contributed by atoms with van der Waals surface area (Å²) in [5.41, 5.74) is 9.49. The van der Waals surface area contributed by atoms with Crippen LogP contribution in [0.1, 0.15) is 17.5 Å². The van der Waals surface area contributed by atoms with Gasteiger partial charge in [0.05, 0.1) is 5.75 Å². The maximum atomic E-state index is 11.3. The Morgan fingerprint density at radius 3 is 2.78 bits per heavy atom. The number of rotatable bonds is 4. The van der Waals surface area contributed by atoms with E-state index in [4.69, 9.17) is 5.53 Å². The van der Waals surface area contributed by atoms with Gasteiger partial charge in [-0.2, -0.15) is 0 Å². The fourth-order valence-electron chi connectivity index (χ4n) is 1.36. The van der Waals surface area contributed by atoms with Crippen LogP contribution >= 0.6 is 0 Å². The Morgan fingerprint density at radius 2 is 2.11 bits per heavy atom. The largest absolute Gasteiger partial charge is 0.229 e. The lowest BCUT2D eigenvalue weighted by atomic mass is 10.1. The van der Waals surface area contributed by atoms with Gasteiger partial charge in [-0.25, -0.2) is 8.42 Å². The van der Waals surface area contributed by atoms with Gasteiger partial charge < -0.3 is 0 Å². The van der Waals surface area contributed by atoms with Crippen LogP contribution in [0, 0.1) is 11.8 Å². The Morgan fingerprint density at radius 1 is 1.39 bits per heavy atom. The van der Waals surface area contributed by atoms with E-state index in [1.165, 1.54) is 6.26 Å². The summed E-state index contributed by atoms with van der Waals surface area (Å²) in [6.45, 7) is 0.317. The zero-order valence-corrected chi connectivity index (χ0v) is 10.8. The Balaban J connectivity index is 2.85. The molecule has 0 saturated heterocycles. The lowest BCUT2D eigenvalue weighted by Crippen LogP contribution is -2.02. The normalized spacial score (nSPS) is 10.1. The van der Waals surface area contributed by atoms with E-state index in [-0.39, 0.29) is 5.75 Å². The van der Waals surface area contributed by atoms with E-state index in [1.54, 1.807) is 18.2 Å². The number of sulfone groups is 1. The molecule has 0 unspecified atom stereocenters. The van der Waals surface area contributed by atoms with Gasteiger partial charge in [0.25, 0.3) is 0 Å². The van der Waals surface area contributed by atoms with Gasteiger partial charge in [0.2, 0.25) is 0 Å². The first-order valence-electron chi connectivity index (χ1n) is 5.28. The van der Waals surface area contributed by atoms with Crippen LogP contribution < -0.4 is 0 Å². The monoisotopic (exact) mass is 263 g/mol. The van der Waals surface area contributed by atoms with Gasteiger partial charge in [-0.1, -0.05) is 35.2 Å². The number of nitrogens with zero attached hydrogens (tertiary/aromatic N) is 3. The minimum Gasteiger partial charge on any atom is -0.229 e. The van der Waals surface area contributed by atoms with Crippen molar-refractivity contribution in [3.8, 4) is 11.8 Å². The fourth-order valence-corrected chi connectivity index (χ4v) is 2.18. The van der Waals surface area contributed by atoms with Crippen LogP contribution in [-0.2, 0) is 15.6 Å². The SMILES string of the molecule is CS(=O)(=O)Cc1ccccc1C#CCCN=[N+]=[N-]. The summed E-state index contributed by atoms with van der Waals surface area (Å²) < 4.78 is 22.5. The Labute approximate surface area is 106 Å². The average Bonchev–Trinajstić information content (AvgIpc) is 2.29. The van der Waals surface area contributed by atoms with Crippen molar-refractivity contribution in [2.45, 2.75) is 12.2 Å². The first-order chi connectivity index (χ1) is 8.53. The van der Waals surface area contributed by atoms with Crippen molar-refractivity contribution in [1.82, 2.24) is 0 Å². The van der Waals surface area contributed by atoms with Gasteiger partial charge in [0, 0.05) is 29.7 Å². The van der Waals surface area contributed by atoms with Crippen LogP contribution in [0.2, 0.25) is 0 Å². The van der Waals surface area contributed by atoms with Gasteiger partial charge >= 0.3 is 0 Å². The molecule has 0 bridgehead atoms. The third-order valence-corrected chi connectivity index (χ3v) is 2.89. The lowest BCUT2D eigenvalue weighted by Gasteiger charge is -2.02. The number of azide groups is 1. The first-order valence-corrected chi connectivity index (χ1v) is 7.34. The predicted molar refractivity (Wildman–Crippen MR) is 70.5 cm³/mol. The highest BCUT2D eigenvalue weighted by atomic mass is 32.2. The highest BCUT2D eigenvalue weighted by Crippen LogP contribution is 2.10. The molecule has 0 aliphatic carbocycles. The molecule has 0 aliphatic rings. The second-order valence-corrected chi connectivity index (χ2v) is 5.87. The molecule has 6 heteroatoms. The minimum absolute atomic E-state index is 0.0196. The summed E-state index contributed by atoms with van der Waals surface area (Å²) >= 11 is 0. The third kappa shape index (κ3) is 5.39. The van der Waals surface area contributed by atoms with E-state index in [9.17, 15) is 8.42 Å². The van der Waals surface area contributed by atoms with E-state index < -0.39 is 9.84 Å². The second kappa shape index (κ2) is 6.70. The van der Waals surface area contributed by atoms with Gasteiger partial charge in [-0.15, -0.1) is 0 Å². The molecule has 0 spiro atoms. The van der Waals surface area contributed by atoms with Gasteiger partial charge in [0.15, 0.2) is 9.84 Å². The molecule has 0 atom stereocenters. The zero-order chi connectivity index (χ0) is 13.4. The lowest BCUT2D eigenvalue weighted by molar-refractivity contribution is 0.601. The van der Waals surface area contributed by atoms with Crippen molar-refractivity contribution in [2.75, 3.05) is 12.8 Å². The molecule has 0 N–H and O–H groups in total. The molecule has 1 aromatic carbocycles. The summed E-state index contributed by atoms with van der Waals surface area (Å²) in [5, 5.41) is 3.37. The van der Waals surface area contributed by atoms with E-state index in [0.29, 0.717) is 24.1 Å². The molecular weight excluding hydrogens is 250 g/mol. The molecule has 5 nitrogen and oxygen atoms in total. The Hall–Kier alpha value is -1.96. The molecule has 0 fully saturated rings. The summed E-state index contributed by atoms with van der Waals surface area (Å²) in [4.78, 5) is 2.62. The number of hydrogen-bond donors (Lipinski definition) is 0. The summed E-state index contributed by atoms with van der Waals surface area (Å²) in [6.07, 6.45) is 1.65. The van der Waals surface area contributed by atoms with Crippen LogP contribution in [0.4, 0.5) is 0 Å². The molecule has 0 heterocycles. The van der Waals surface area contributed by atoms with Crippen LogP contribution in [0.3, 0.4) is 0 Å². The van der Waals surface area contributed by atoms with E-state index >= 15 is 0 Å². The van der Waals surface area contributed by atoms with Crippen LogP contribution in [0.25, 0.3) is 10.4 Å².